The van der Waals surface area contributed by atoms with Crippen LogP contribution in [0.1, 0.15) is 43.2 Å². The van der Waals surface area contributed by atoms with Crippen LogP contribution in [0.15, 0.2) is 60.7 Å². The van der Waals surface area contributed by atoms with Crippen LogP contribution in [-0.4, -0.2) is 17.0 Å². The first-order chi connectivity index (χ1) is 12.7. The number of benzene rings is 2. The van der Waals surface area contributed by atoms with Crippen molar-refractivity contribution in [3.8, 4) is 0 Å². The molecule has 0 saturated heterocycles. The third kappa shape index (κ3) is 11.9. The van der Waals surface area contributed by atoms with Crippen LogP contribution in [0.25, 0.3) is 0 Å². The molecule has 0 aromatic heterocycles. The van der Waals surface area contributed by atoms with Gasteiger partial charge in [0.2, 0.25) is 0 Å². The molecule has 0 aliphatic rings. The summed E-state index contributed by atoms with van der Waals surface area (Å²) in [6.07, 6.45) is 4.11. The van der Waals surface area contributed by atoms with E-state index in [1.165, 1.54) is 17.5 Å². The summed E-state index contributed by atoms with van der Waals surface area (Å²) in [7, 11) is 0. The summed E-state index contributed by atoms with van der Waals surface area (Å²) in [6.45, 7) is 0. The van der Waals surface area contributed by atoms with Gasteiger partial charge in [-0.3, -0.25) is 0 Å². The number of hydrogen-bond donors (Lipinski definition) is 0. The number of carbonyl (C=O) groups excluding carboxylic acids is 1. The first-order valence-corrected chi connectivity index (χ1v) is 11.4. The smallest absolute Gasteiger partial charge is 0.550 e. The summed E-state index contributed by atoms with van der Waals surface area (Å²) in [6, 6.07) is 21.1. The molecule has 0 spiro atoms. The van der Waals surface area contributed by atoms with E-state index in [1.54, 1.807) is 0 Å². The summed E-state index contributed by atoms with van der Waals surface area (Å²) in [4.78, 5) is 10.6. The number of thioether (sulfide) groups is 2. The van der Waals surface area contributed by atoms with Crippen molar-refractivity contribution in [1.29, 1.82) is 0 Å². The molecule has 5 heteroatoms. The van der Waals surface area contributed by atoms with Gasteiger partial charge in [-0.1, -0.05) is 67.1 Å². The van der Waals surface area contributed by atoms with Crippen LogP contribution in [-0.2, 0) is 16.3 Å². The number of carbonyl (C=O) groups is 1. The van der Waals surface area contributed by atoms with Crippen LogP contribution in [0.3, 0.4) is 0 Å². The summed E-state index contributed by atoms with van der Waals surface area (Å²) in [5, 5.41) is 11.2. The average Bonchev–Trinajstić information content (AvgIpc) is 2.67. The Labute approximate surface area is 194 Å². The first-order valence-electron chi connectivity index (χ1n) is 9.21. The Bertz CT molecular complexity index is 623. The van der Waals surface area contributed by atoms with Crippen LogP contribution in [0.2, 0.25) is 0 Å². The van der Waals surface area contributed by atoms with E-state index in [0.717, 1.165) is 36.5 Å². The molecule has 0 fully saturated rings. The van der Waals surface area contributed by atoms with Crippen molar-refractivity contribution in [1.82, 2.24) is 0 Å². The molecular formula is C22H27NaO2S2. The van der Waals surface area contributed by atoms with E-state index in [9.17, 15) is 9.90 Å². The fraction of sp³-hybridized carbons (Fsp3) is 0.409. The van der Waals surface area contributed by atoms with E-state index >= 15 is 0 Å². The Hall–Kier alpha value is -0.390. The second-order valence-corrected chi connectivity index (χ2v) is 8.76. The third-order valence-corrected chi connectivity index (χ3v) is 6.69. The molecule has 0 bridgehead atoms. The van der Waals surface area contributed by atoms with E-state index in [0.29, 0.717) is 5.25 Å². The van der Waals surface area contributed by atoms with Gasteiger partial charge in [0.1, 0.15) is 0 Å². The average molecular weight is 411 g/mol. The van der Waals surface area contributed by atoms with Crippen molar-refractivity contribution in [2.75, 3.05) is 5.75 Å². The van der Waals surface area contributed by atoms with Crippen molar-refractivity contribution in [3.63, 3.8) is 0 Å². The Balaban J connectivity index is 0.00000364. The fourth-order valence-corrected chi connectivity index (χ4v) is 5.13. The van der Waals surface area contributed by atoms with Gasteiger partial charge >= 0.3 is 29.6 Å². The van der Waals surface area contributed by atoms with Crippen LogP contribution >= 0.6 is 23.5 Å². The quantitative estimate of drug-likeness (QED) is 0.374. The molecule has 2 nitrogen and oxygen atoms in total. The van der Waals surface area contributed by atoms with Crippen LogP contribution < -0.4 is 34.7 Å². The van der Waals surface area contributed by atoms with E-state index < -0.39 is 5.97 Å². The van der Waals surface area contributed by atoms with Gasteiger partial charge in [-0.25, -0.2) is 0 Å². The van der Waals surface area contributed by atoms with Crippen LogP contribution in [0.5, 0.6) is 0 Å². The summed E-state index contributed by atoms with van der Waals surface area (Å²) in [5.41, 5.74) is 2.73. The maximum Gasteiger partial charge on any atom is 1.00 e. The van der Waals surface area contributed by atoms with Gasteiger partial charge in [0.15, 0.2) is 0 Å². The SMILES string of the molecule is O=C([O-])CCCCC(CCSCc1ccccc1)SCc1ccccc1.[Na+]. The molecule has 2 rings (SSSR count). The zero-order valence-corrected chi connectivity index (χ0v) is 19.8. The molecule has 0 amide bonds. The van der Waals surface area contributed by atoms with Gasteiger partial charge in [-0.2, -0.15) is 23.5 Å². The fourth-order valence-electron chi connectivity index (χ4n) is 2.72. The Morgan fingerprint density at radius 3 is 2.04 bits per heavy atom. The number of rotatable bonds is 13. The first kappa shape index (κ1) is 24.6. The molecule has 1 atom stereocenters. The zero-order valence-electron chi connectivity index (χ0n) is 16.1. The molecule has 27 heavy (non-hydrogen) atoms. The maximum atomic E-state index is 10.6. The Morgan fingerprint density at radius 2 is 1.44 bits per heavy atom. The van der Waals surface area contributed by atoms with Gasteiger partial charge in [-0.05, 0) is 42.6 Å². The number of carboxylic acid groups (broad SMARTS) is 1. The molecule has 0 heterocycles. The number of carboxylic acids is 1. The monoisotopic (exact) mass is 410 g/mol. The standard InChI is InChI=1S/C22H28O2S2.Na/c23-22(24)14-8-7-13-21(26-18-20-11-5-2-6-12-20)15-16-25-17-19-9-3-1-4-10-19;/h1-6,9-12,21H,7-8,13-18H2,(H,23,24);/q;+1/p-1. The predicted molar refractivity (Wildman–Crippen MR) is 112 cm³/mol. The molecular weight excluding hydrogens is 383 g/mol. The van der Waals surface area contributed by atoms with Crippen molar-refractivity contribution >= 4 is 29.5 Å². The normalized spacial score (nSPS) is 11.6. The van der Waals surface area contributed by atoms with Gasteiger partial charge in [0.05, 0.1) is 0 Å². The molecule has 2 aromatic carbocycles. The number of hydrogen-bond acceptors (Lipinski definition) is 4. The van der Waals surface area contributed by atoms with E-state index in [4.69, 9.17) is 0 Å². The second kappa shape index (κ2) is 15.5. The van der Waals surface area contributed by atoms with Gasteiger partial charge in [-0.15, -0.1) is 0 Å². The predicted octanol–water partition coefficient (Wildman–Crippen LogP) is 1.93. The van der Waals surface area contributed by atoms with Crippen molar-refractivity contribution in [2.45, 2.75) is 48.9 Å². The second-order valence-electron chi connectivity index (χ2n) is 6.36. The molecule has 140 valence electrons. The Kier molecular flexibility index (Phi) is 14.2. The zero-order chi connectivity index (χ0) is 18.5. The molecule has 1 unspecified atom stereocenters. The van der Waals surface area contributed by atoms with E-state index in [2.05, 4.69) is 54.6 Å². The van der Waals surface area contributed by atoms with Gasteiger partial charge in [0.25, 0.3) is 0 Å². The molecule has 0 saturated carbocycles. The van der Waals surface area contributed by atoms with Gasteiger partial charge in [0, 0.05) is 22.7 Å². The minimum Gasteiger partial charge on any atom is -0.550 e. The molecule has 2 aromatic rings. The largest absolute Gasteiger partial charge is 1.00 e. The minimum atomic E-state index is -0.933. The van der Waals surface area contributed by atoms with E-state index in [1.807, 2.05) is 29.6 Å². The minimum absolute atomic E-state index is 0. The van der Waals surface area contributed by atoms with Crippen molar-refractivity contribution in [3.05, 3.63) is 71.8 Å². The van der Waals surface area contributed by atoms with Gasteiger partial charge < -0.3 is 9.90 Å². The summed E-state index contributed by atoms with van der Waals surface area (Å²) >= 11 is 3.99. The molecule has 0 radical (unpaired) electrons. The number of aliphatic carboxylic acids is 1. The molecule has 0 aliphatic heterocycles. The topological polar surface area (TPSA) is 40.1 Å². The number of unbranched alkanes of at least 4 members (excludes halogenated alkanes) is 1. The van der Waals surface area contributed by atoms with Crippen molar-refractivity contribution in [2.24, 2.45) is 0 Å². The Morgan fingerprint density at radius 1 is 0.852 bits per heavy atom. The van der Waals surface area contributed by atoms with Crippen LogP contribution in [0, 0.1) is 0 Å². The summed E-state index contributed by atoms with van der Waals surface area (Å²) in [5.74, 6) is 2.29. The maximum absolute atomic E-state index is 10.6. The van der Waals surface area contributed by atoms with E-state index in [-0.39, 0.29) is 36.0 Å². The summed E-state index contributed by atoms with van der Waals surface area (Å²) < 4.78 is 0. The van der Waals surface area contributed by atoms with Crippen LogP contribution in [0.4, 0.5) is 0 Å². The van der Waals surface area contributed by atoms with Crippen molar-refractivity contribution < 1.29 is 39.5 Å². The molecule has 0 N–H and O–H groups in total. The third-order valence-electron chi connectivity index (χ3n) is 4.18. The molecule has 0 aliphatic carbocycles.